The predicted octanol–water partition coefficient (Wildman–Crippen LogP) is 10.0. The van der Waals surface area contributed by atoms with Gasteiger partial charge in [-0.15, -0.1) is 0 Å². The molecule has 1 aliphatic carbocycles. The van der Waals surface area contributed by atoms with Crippen LogP contribution in [0.4, 0.5) is 4.39 Å². The lowest BCUT2D eigenvalue weighted by Gasteiger charge is -2.28. The third-order valence-corrected chi connectivity index (χ3v) is 7.70. The van der Waals surface area contributed by atoms with E-state index in [4.69, 9.17) is 0 Å². The lowest BCUT2D eigenvalue weighted by molar-refractivity contribution is 0.302. The van der Waals surface area contributed by atoms with E-state index in [9.17, 15) is 4.39 Å². The van der Waals surface area contributed by atoms with E-state index in [1.54, 1.807) is 6.07 Å². The third-order valence-electron chi connectivity index (χ3n) is 7.70. The fraction of sp³-hybridized carbons (Fsp3) is 0.645. The molecule has 33 heavy (non-hydrogen) atoms. The van der Waals surface area contributed by atoms with Crippen LogP contribution in [0.5, 0.6) is 0 Å². The van der Waals surface area contributed by atoms with E-state index in [-0.39, 0.29) is 5.82 Å². The first kappa shape index (κ1) is 25.9. The molecule has 0 spiro atoms. The minimum atomic E-state index is -0.137. The minimum Gasteiger partial charge on any atom is -0.256 e. The van der Waals surface area contributed by atoms with Gasteiger partial charge in [-0.1, -0.05) is 90.2 Å². The molecule has 1 fully saturated rings. The molecule has 1 aromatic heterocycles. The maximum Gasteiger partial charge on any atom is 0.132 e. The second kappa shape index (κ2) is 14.5. The summed E-state index contributed by atoms with van der Waals surface area (Å²) in [6.45, 7) is 4.53. The summed E-state index contributed by atoms with van der Waals surface area (Å²) in [6.07, 6.45) is 22.8. The molecular formula is C31H46FN. The number of aromatic nitrogens is 1. The lowest BCUT2D eigenvalue weighted by atomic mass is 9.77. The molecule has 1 heterocycles. The van der Waals surface area contributed by atoms with E-state index in [0.29, 0.717) is 11.5 Å². The highest BCUT2D eigenvalue weighted by molar-refractivity contribution is 5.60. The van der Waals surface area contributed by atoms with Crippen molar-refractivity contribution in [3.05, 3.63) is 53.5 Å². The Labute approximate surface area is 202 Å². The molecule has 1 saturated carbocycles. The highest BCUT2D eigenvalue weighted by Gasteiger charge is 2.22. The van der Waals surface area contributed by atoms with E-state index in [0.717, 1.165) is 30.0 Å². The second-order valence-corrected chi connectivity index (χ2v) is 10.4. The molecule has 0 bridgehead atoms. The third kappa shape index (κ3) is 8.54. The number of halogens is 1. The monoisotopic (exact) mass is 451 g/mol. The summed E-state index contributed by atoms with van der Waals surface area (Å²) in [5.74, 6) is 1.42. The summed E-state index contributed by atoms with van der Waals surface area (Å²) in [7, 11) is 0. The number of hydrogen-bond acceptors (Lipinski definition) is 1. The Balaban J connectivity index is 1.47. The molecule has 1 aromatic carbocycles. The molecule has 0 amide bonds. The topological polar surface area (TPSA) is 12.9 Å². The van der Waals surface area contributed by atoms with Gasteiger partial charge in [-0.3, -0.25) is 4.98 Å². The largest absolute Gasteiger partial charge is 0.256 e. The fourth-order valence-corrected chi connectivity index (χ4v) is 5.48. The molecule has 0 aliphatic heterocycles. The summed E-state index contributed by atoms with van der Waals surface area (Å²) >= 11 is 0. The van der Waals surface area contributed by atoms with Gasteiger partial charge in [-0.2, -0.15) is 0 Å². The molecule has 182 valence electrons. The van der Waals surface area contributed by atoms with Gasteiger partial charge in [0, 0.05) is 11.8 Å². The van der Waals surface area contributed by atoms with Crippen molar-refractivity contribution in [1.82, 2.24) is 4.98 Å². The molecule has 2 heteroatoms. The quantitative estimate of drug-likeness (QED) is 0.260. The molecule has 2 aromatic rings. The Morgan fingerprint density at radius 2 is 1.48 bits per heavy atom. The average Bonchev–Trinajstić information content (AvgIpc) is 2.85. The number of benzene rings is 1. The van der Waals surface area contributed by atoms with Crippen LogP contribution in [0.1, 0.15) is 127 Å². The molecule has 1 aliphatic rings. The van der Waals surface area contributed by atoms with E-state index in [2.05, 4.69) is 31.0 Å². The van der Waals surface area contributed by atoms with Gasteiger partial charge in [0.15, 0.2) is 0 Å². The fourth-order valence-electron chi connectivity index (χ4n) is 5.48. The van der Waals surface area contributed by atoms with Crippen molar-refractivity contribution < 1.29 is 4.39 Å². The van der Waals surface area contributed by atoms with Gasteiger partial charge in [0.25, 0.3) is 0 Å². The molecule has 0 N–H and O–H groups in total. The SMILES string of the molecule is CCCCCCCCc1ccc(-c2ccc(C3CCC(CCCCCC)CC3)cn2)c(F)c1. The van der Waals surface area contributed by atoms with Crippen molar-refractivity contribution in [2.45, 2.75) is 122 Å². The van der Waals surface area contributed by atoms with E-state index in [1.807, 2.05) is 18.3 Å². The summed E-state index contributed by atoms with van der Waals surface area (Å²) in [4.78, 5) is 4.67. The minimum absolute atomic E-state index is 0.137. The summed E-state index contributed by atoms with van der Waals surface area (Å²) in [6, 6.07) is 9.95. The first-order valence-electron chi connectivity index (χ1n) is 14.0. The summed E-state index contributed by atoms with van der Waals surface area (Å²) in [5, 5.41) is 0. The van der Waals surface area contributed by atoms with Crippen molar-refractivity contribution in [2.24, 2.45) is 5.92 Å². The van der Waals surface area contributed by atoms with Crippen molar-refractivity contribution in [1.29, 1.82) is 0 Å². The van der Waals surface area contributed by atoms with Gasteiger partial charge in [-0.05, 0) is 79.7 Å². The van der Waals surface area contributed by atoms with Crippen LogP contribution in [-0.4, -0.2) is 4.98 Å². The number of rotatable bonds is 14. The first-order valence-corrected chi connectivity index (χ1v) is 14.0. The number of pyridine rings is 1. The van der Waals surface area contributed by atoms with Crippen LogP contribution in [0.25, 0.3) is 11.3 Å². The second-order valence-electron chi connectivity index (χ2n) is 10.4. The van der Waals surface area contributed by atoms with Gasteiger partial charge in [-0.25, -0.2) is 4.39 Å². The van der Waals surface area contributed by atoms with Gasteiger partial charge in [0.2, 0.25) is 0 Å². The predicted molar refractivity (Wildman–Crippen MR) is 140 cm³/mol. The van der Waals surface area contributed by atoms with Crippen LogP contribution in [0, 0.1) is 11.7 Å². The standard InChI is InChI=1S/C31H46FN/c1-3-5-7-9-10-12-14-26-17-21-29(30(32)23-26)31-22-20-28(24-33-31)27-18-15-25(16-19-27)13-11-8-6-4-2/h17,20-25,27H,3-16,18-19H2,1-2H3. The number of nitrogens with zero attached hydrogens (tertiary/aromatic N) is 1. The van der Waals surface area contributed by atoms with Crippen LogP contribution in [0.15, 0.2) is 36.5 Å². The Kier molecular flexibility index (Phi) is 11.4. The molecule has 0 saturated heterocycles. The zero-order valence-electron chi connectivity index (χ0n) is 21.3. The van der Waals surface area contributed by atoms with E-state index < -0.39 is 0 Å². The molecule has 1 nitrogen and oxygen atoms in total. The van der Waals surface area contributed by atoms with E-state index >= 15 is 0 Å². The van der Waals surface area contributed by atoms with Crippen molar-refractivity contribution in [3.63, 3.8) is 0 Å². The van der Waals surface area contributed by atoms with Crippen LogP contribution >= 0.6 is 0 Å². The molecule has 3 rings (SSSR count). The van der Waals surface area contributed by atoms with Gasteiger partial charge in [0.05, 0.1) is 5.69 Å². The van der Waals surface area contributed by atoms with Crippen LogP contribution in [-0.2, 0) is 6.42 Å². The highest BCUT2D eigenvalue weighted by atomic mass is 19.1. The molecular weight excluding hydrogens is 405 g/mol. The maximum atomic E-state index is 14.8. The molecule has 0 unspecified atom stereocenters. The molecule has 0 radical (unpaired) electrons. The Hall–Kier alpha value is -1.70. The lowest BCUT2D eigenvalue weighted by Crippen LogP contribution is -2.13. The van der Waals surface area contributed by atoms with Crippen LogP contribution in [0.3, 0.4) is 0 Å². The normalized spacial score (nSPS) is 18.5. The van der Waals surface area contributed by atoms with Crippen molar-refractivity contribution in [2.75, 3.05) is 0 Å². The summed E-state index contributed by atoms with van der Waals surface area (Å²) in [5.41, 5.74) is 3.83. The van der Waals surface area contributed by atoms with Gasteiger partial charge >= 0.3 is 0 Å². The van der Waals surface area contributed by atoms with Crippen LogP contribution < -0.4 is 0 Å². The van der Waals surface area contributed by atoms with Gasteiger partial charge < -0.3 is 0 Å². The zero-order chi connectivity index (χ0) is 23.3. The van der Waals surface area contributed by atoms with E-state index in [1.165, 1.54) is 95.5 Å². The first-order chi connectivity index (χ1) is 16.2. The summed E-state index contributed by atoms with van der Waals surface area (Å²) < 4.78 is 14.8. The number of aryl methyl sites for hydroxylation is 1. The number of unbranched alkanes of at least 4 members (excludes halogenated alkanes) is 8. The zero-order valence-corrected chi connectivity index (χ0v) is 21.3. The Morgan fingerprint density at radius 3 is 2.15 bits per heavy atom. The Bertz CT molecular complexity index is 789. The van der Waals surface area contributed by atoms with Crippen molar-refractivity contribution >= 4 is 0 Å². The maximum absolute atomic E-state index is 14.8. The van der Waals surface area contributed by atoms with Gasteiger partial charge in [0.1, 0.15) is 5.82 Å². The molecule has 0 atom stereocenters. The number of hydrogen-bond donors (Lipinski definition) is 0. The van der Waals surface area contributed by atoms with Crippen LogP contribution in [0.2, 0.25) is 0 Å². The average molecular weight is 452 g/mol. The Morgan fingerprint density at radius 1 is 0.788 bits per heavy atom. The van der Waals surface area contributed by atoms with Crippen molar-refractivity contribution in [3.8, 4) is 11.3 Å². The smallest absolute Gasteiger partial charge is 0.132 e. The highest BCUT2D eigenvalue weighted by Crippen LogP contribution is 2.38.